The summed E-state index contributed by atoms with van der Waals surface area (Å²) in [7, 11) is 0. The fraction of sp³-hybridized carbons (Fsp3) is 0.467. The molecule has 0 radical (unpaired) electrons. The monoisotopic (exact) mass is 361 g/mol. The van der Waals surface area contributed by atoms with E-state index in [0.29, 0.717) is 26.3 Å². The number of alkyl halides is 3. The summed E-state index contributed by atoms with van der Waals surface area (Å²) in [4.78, 5) is 25.7. The summed E-state index contributed by atoms with van der Waals surface area (Å²) in [6.45, 7) is 3.72. The third kappa shape index (κ3) is 5.33. The van der Waals surface area contributed by atoms with Gasteiger partial charge in [-0.25, -0.2) is 0 Å². The second-order valence-electron chi connectivity index (χ2n) is 5.43. The van der Waals surface area contributed by atoms with E-state index in [4.69, 9.17) is 10.5 Å². The van der Waals surface area contributed by atoms with Crippen LogP contribution < -0.4 is 15.8 Å². The quantitative estimate of drug-likeness (QED) is 0.826. The van der Waals surface area contributed by atoms with Crippen molar-refractivity contribution in [3.63, 3.8) is 0 Å². The summed E-state index contributed by atoms with van der Waals surface area (Å²) >= 11 is 0. The van der Waals surface area contributed by atoms with E-state index in [1.165, 1.54) is 0 Å². The van der Waals surface area contributed by atoms with Crippen LogP contribution in [0.1, 0.15) is 17.3 Å². The number of rotatable bonds is 5. The number of primary amides is 1. The van der Waals surface area contributed by atoms with Crippen LogP contribution in [-0.4, -0.2) is 55.4 Å². The minimum Gasteiger partial charge on any atom is -0.406 e. The van der Waals surface area contributed by atoms with Crippen molar-refractivity contribution in [1.82, 2.24) is 4.90 Å². The number of morpholine rings is 1. The molecule has 0 saturated carbocycles. The number of benzene rings is 1. The Bertz CT molecular complexity index is 645. The van der Waals surface area contributed by atoms with Gasteiger partial charge < -0.3 is 20.5 Å². The molecule has 2 rings (SSSR count). The number of anilines is 1. The van der Waals surface area contributed by atoms with Gasteiger partial charge in [-0.15, -0.1) is 13.2 Å². The molecular formula is C15H18F3N3O4. The molecule has 25 heavy (non-hydrogen) atoms. The minimum atomic E-state index is -4.89. The number of amides is 2. The van der Waals surface area contributed by atoms with Crippen molar-refractivity contribution in [1.29, 1.82) is 0 Å². The maximum Gasteiger partial charge on any atom is 0.573 e. The number of hydrogen-bond acceptors (Lipinski definition) is 5. The van der Waals surface area contributed by atoms with Crippen molar-refractivity contribution >= 4 is 17.5 Å². The fourth-order valence-corrected chi connectivity index (χ4v) is 2.41. The van der Waals surface area contributed by atoms with Crippen molar-refractivity contribution in [2.75, 3.05) is 31.6 Å². The van der Waals surface area contributed by atoms with Gasteiger partial charge in [-0.2, -0.15) is 0 Å². The average molecular weight is 361 g/mol. The first kappa shape index (κ1) is 19.0. The van der Waals surface area contributed by atoms with E-state index in [-0.39, 0.29) is 11.3 Å². The van der Waals surface area contributed by atoms with Crippen LogP contribution in [0, 0.1) is 0 Å². The molecule has 10 heteroatoms. The summed E-state index contributed by atoms with van der Waals surface area (Å²) in [5, 5.41) is 2.45. The Morgan fingerprint density at radius 3 is 2.52 bits per heavy atom. The Labute approximate surface area is 141 Å². The Hall–Kier alpha value is -2.33. The molecule has 3 N–H and O–H groups in total. The number of hydrogen-bond donors (Lipinski definition) is 2. The van der Waals surface area contributed by atoms with Gasteiger partial charge in [-0.1, -0.05) is 0 Å². The highest BCUT2D eigenvalue weighted by Crippen LogP contribution is 2.28. The highest BCUT2D eigenvalue weighted by molar-refractivity contribution is 6.04. The van der Waals surface area contributed by atoms with Crippen molar-refractivity contribution in [3.8, 4) is 5.75 Å². The predicted molar refractivity (Wildman–Crippen MR) is 82.1 cm³/mol. The first-order valence-electron chi connectivity index (χ1n) is 7.49. The normalized spacial score (nSPS) is 17.0. The standard InChI is InChI=1S/C15H18F3N3O4/c1-9(21-4-6-24-7-5-21)14(23)20-12-8-10(25-15(16,17)18)2-3-11(12)13(19)22/h2-3,8-9H,4-7H2,1H3,(H2,19,22)(H,20,23). The molecule has 1 saturated heterocycles. The van der Waals surface area contributed by atoms with Gasteiger partial charge in [0.15, 0.2) is 0 Å². The van der Waals surface area contributed by atoms with Crippen LogP contribution >= 0.6 is 0 Å². The van der Waals surface area contributed by atoms with E-state index in [1.807, 2.05) is 4.90 Å². The Kier molecular flexibility index (Phi) is 5.85. The van der Waals surface area contributed by atoms with Gasteiger partial charge in [0.2, 0.25) is 5.91 Å². The van der Waals surface area contributed by atoms with Gasteiger partial charge in [-0.3, -0.25) is 14.5 Å². The van der Waals surface area contributed by atoms with Gasteiger partial charge in [0, 0.05) is 19.2 Å². The summed E-state index contributed by atoms with van der Waals surface area (Å²) in [5.74, 6) is -1.92. The lowest BCUT2D eigenvalue weighted by atomic mass is 10.1. The van der Waals surface area contributed by atoms with Gasteiger partial charge in [0.1, 0.15) is 5.75 Å². The smallest absolute Gasteiger partial charge is 0.406 e. The van der Waals surface area contributed by atoms with Crippen LogP contribution in [0.3, 0.4) is 0 Å². The molecule has 0 aliphatic carbocycles. The Balaban J connectivity index is 2.18. The molecule has 0 aromatic heterocycles. The summed E-state index contributed by atoms with van der Waals surface area (Å²) in [6.07, 6.45) is -4.89. The first-order valence-corrected chi connectivity index (χ1v) is 7.49. The van der Waals surface area contributed by atoms with Gasteiger partial charge in [0.25, 0.3) is 5.91 Å². The molecule has 138 valence electrons. The molecule has 1 atom stereocenters. The minimum absolute atomic E-state index is 0.114. The Morgan fingerprint density at radius 1 is 1.32 bits per heavy atom. The van der Waals surface area contributed by atoms with Crippen LogP contribution in [0.5, 0.6) is 5.75 Å². The Morgan fingerprint density at radius 2 is 1.96 bits per heavy atom. The van der Waals surface area contributed by atoms with Crippen molar-refractivity contribution in [2.45, 2.75) is 19.3 Å². The van der Waals surface area contributed by atoms with Crippen LogP contribution in [0.25, 0.3) is 0 Å². The molecule has 0 spiro atoms. The molecule has 0 bridgehead atoms. The maximum atomic E-state index is 12.4. The SMILES string of the molecule is CC(C(=O)Nc1cc(OC(F)(F)F)ccc1C(N)=O)N1CCOCC1. The molecule has 1 unspecified atom stereocenters. The number of carbonyl (C=O) groups excluding carboxylic acids is 2. The van der Waals surface area contributed by atoms with Crippen LogP contribution in [0.4, 0.5) is 18.9 Å². The highest BCUT2D eigenvalue weighted by Gasteiger charge is 2.32. The largest absolute Gasteiger partial charge is 0.573 e. The second-order valence-corrected chi connectivity index (χ2v) is 5.43. The molecule has 1 aromatic carbocycles. The molecule has 1 aliphatic heterocycles. The first-order chi connectivity index (χ1) is 11.7. The maximum absolute atomic E-state index is 12.4. The van der Waals surface area contributed by atoms with E-state index in [9.17, 15) is 22.8 Å². The van der Waals surface area contributed by atoms with Crippen LogP contribution in [0.15, 0.2) is 18.2 Å². The fourth-order valence-electron chi connectivity index (χ4n) is 2.41. The summed E-state index contributed by atoms with van der Waals surface area (Å²) < 4.78 is 46.0. The third-order valence-corrected chi connectivity index (χ3v) is 3.72. The second kappa shape index (κ2) is 7.70. The van der Waals surface area contributed by atoms with Crippen molar-refractivity contribution in [3.05, 3.63) is 23.8 Å². The molecule has 1 heterocycles. The van der Waals surface area contributed by atoms with Crippen molar-refractivity contribution < 1.29 is 32.2 Å². The van der Waals surface area contributed by atoms with E-state index < -0.39 is 30.0 Å². The molecule has 1 fully saturated rings. The zero-order chi connectivity index (χ0) is 18.6. The third-order valence-electron chi connectivity index (χ3n) is 3.72. The predicted octanol–water partition coefficient (Wildman–Crippen LogP) is 1.34. The van der Waals surface area contributed by atoms with E-state index in [2.05, 4.69) is 10.1 Å². The van der Waals surface area contributed by atoms with Gasteiger partial charge in [0.05, 0.1) is 30.5 Å². The van der Waals surface area contributed by atoms with E-state index in [1.54, 1.807) is 6.92 Å². The number of nitrogens with zero attached hydrogens (tertiary/aromatic N) is 1. The molecule has 2 amide bonds. The summed E-state index contributed by atoms with van der Waals surface area (Å²) in [5.41, 5.74) is 4.95. The van der Waals surface area contributed by atoms with Crippen molar-refractivity contribution in [2.24, 2.45) is 5.73 Å². The lowest BCUT2D eigenvalue weighted by Gasteiger charge is -2.31. The number of nitrogens with two attached hydrogens (primary N) is 1. The van der Waals surface area contributed by atoms with E-state index in [0.717, 1.165) is 18.2 Å². The highest BCUT2D eigenvalue weighted by atomic mass is 19.4. The number of ether oxygens (including phenoxy) is 2. The number of nitrogens with one attached hydrogen (secondary N) is 1. The lowest BCUT2D eigenvalue weighted by Crippen LogP contribution is -2.47. The van der Waals surface area contributed by atoms with E-state index >= 15 is 0 Å². The van der Waals surface area contributed by atoms with Crippen LogP contribution in [-0.2, 0) is 9.53 Å². The number of halogens is 3. The van der Waals surface area contributed by atoms with Gasteiger partial charge >= 0.3 is 6.36 Å². The lowest BCUT2D eigenvalue weighted by molar-refractivity contribution is -0.274. The van der Waals surface area contributed by atoms with Crippen LogP contribution in [0.2, 0.25) is 0 Å². The molecular weight excluding hydrogens is 343 g/mol. The zero-order valence-electron chi connectivity index (χ0n) is 13.4. The average Bonchev–Trinajstić information content (AvgIpc) is 2.53. The zero-order valence-corrected chi connectivity index (χ0v) is 13.4. The number of carbonyl (C=O) groups is 2. The molecule has 1 aliphatic rings. The molecule has 1 aromatic rings. The van der Waals surface area contributed by atoms with Gasteiger partial charge in [-0.05, 0) is 19.1 Å². The summed E-state index contributed by atoms with van der Waals surface area (Å²) in [6, 6.07) is 2.38. The molecule has 7 nitrogen and oxygen atoms in total. The topological polar surface area (TPSA) is 93.9 Å².